The molecule has 0 aliphatic rings. The highest BCUT2D eigenvalue weighted by molar-refractivity contribution is 6.32. The summed E-state index contributed by atoms with van der Waals surface area (Å²) in [5, 5.41) is 3.00. The summed E-state index contributed by atoms with van der Waals surface area (Å²) in [7, 11) is 1.41. The third-order valence-electron chi connectivity index (χ3n) is 4.68. The molecule has 0 aromatic heterocycles. The Morgan fingerprint density at radius 2 is 1.64 bits per heavy atom. The number of hydrogen-bond acceptors (Lipinski definition) is 5. The van der Waals surface area contributed by atoms with E-state index in [1.807, 2.05) is 54.6 Å². The summed E-state index contributed by atoms with van der Waals surface area (Å²) >= 11 is 6.22. The first kappa shape index (κ1) is 24.1. The molecule has 3 aromatic rings. The molecule has 33 heavy (non-hydrogen) atoms. The summed E-state index contributed by atoms with van der Waals surface area (Å²) in [6.07, 6.45) is 0. The molecule has 3 N–H and O–H groups in total. The second-order valence-corrected chi connectivity index (χ2v) is 7.63. The maximum Gasteiger partial charge on any atom is 0.255 e. The molecule has 0 unspecified atom stereocenters. The van der Waals surface area contributed by atoms with Crippen molar-refractivity contribution in [3.8, 4) is 11.5 Å². The molecule has 0 aliphatic heterocycles. The fourth-order valence-corrected chi connectivity index (χ4v) is 3.37. The summed E-state index contributed by atoms with van der Waals surface area (Å²) < 4.78 is 16.3. The van der Waals surface area contributed by atoms with Crippen LogP contribution in [0.25, 0.3) is 0 Å². The number of primary amides is 1. The number of carbonyl (C=O) groups is 2. The van der Waals surface area contributed by atoms with E-state index in [0.717, 1.165) is 16.7 Å². The van der Waals surface area contributed by atoms with Gasteiger partial charge >= 0.3 is 0 Å². The molecule has 0 saturated heterocycles. The molecule has 172 valence electrons. The first-order valence-electron chi connectivity index (χ1n) is 10.2. The van der Waals surface area contributed by atoms with Gasteiger partial charge in [0, 0.05) is 12.1 Å². The van der Waals surface area contributed by atoms with Crippen LogP contribution in [0.15, 0.2) is 66.7 Å². The van der Waals surface area contributed by atoms with Gasteiger partial charge in [-0.25, -0.2) is 0 Å². The van der Waals surface area contributed by atoms with Crippen molar-refractivity contribution in [2.75, 3.05) is 13.7 Å². The Morgan fingerprint density at radius 3 is 2.36 bits per heavy atom. The molecule has 0 bridgehead atoms. The van der Waals surface area contributed by atoms with Crippen molar-refractivity contribution in [1.29, 1.82) is 0 Å². The second-order valence-electron chi connectivity index (χ2n) is 7.23. The number of amides is 2. The number of ether oxygens (including phenoxy) is 3. The van der Waals surface area contributed by atoms with E-state index in [4.69, 9.17) is 31.5 Å². The first-order valence-corrected chi connectivity index (χ1v) is 10.6. The molecule has 0 radical (unpaired) electrons. The number of nitrogens with two attached hydrogens (primary N) is 1. The third kappa shape index (κ3) is 7.24. The van der Waals surface area contributed by atoms with Gasteiger partial charge in [-0.1, -0.05) is 66.2 Å². The minimum atomic E-state index is -0.650. The van der Waals surface area contributed by atoms with Gasteiger partial charge in [0.1, 0.15) is 0 Å². The molecule has 0 spiro atoms. The maximum absolute atomic E-state index is 12.7. The van der Waals surface area contributed by atoms with E-state index in [0.29, 0.717) is 25.3 Å². The standard InChI is InChI=1S/C25H25ClN2O5/c1-31-22-12-20(11-21(26)24(22)33-16-23(27)29)25(30)28-13-18-8-5-9-19(10-18)15-32-14-17-6-3-2-4-7-17/h2-12H,13-16H2,1H3,(H2,27,29)(H,28,30). The highest BCUT2D eigenvalue weighted by atomic mass is 35.5. The SMILES string of the molecule is COc1cc(C(=O)NCc2cccc(COCc3ccccc3)c2)cc(Cl)c1OCC(N)=O. The number of rotatable bonds is 11. The predicted molar refractivity (Wildman–Crippen MR) is 125 cm³/mol. The van der Waals surface area contributed by atoms with Crippen molar-refractivity contribution in [3.05, 3.63) is 94.0 Å². The Labute approximate surface area is 197 Å². The maximum atomic E-state index is 12.7. The van der Waals surface area contributed by atoms with Crippen LogP contribution in [0.5, 0.6) is 11.5 Å². The third-order valence-corrected chi connectivity index (χ3v) is 4.96. The monoisotopic (exact) mass is 468 g/mol. The van der Waals surface area contributed by atoms with E-state index in [9.17, 15) is 9.59 Å². The Morgan fingerprint density at radius 1 is 0.939 bits per heavy atom. The normalized spacial score (nSPS) is 10.5. The van der Waals surface area contributed by atoms with Crippen molar-refractivity contribution in [2.24, 2.45) is 5.73 Å². The van der Waals surface area contributed by atoms with Gasteiger partial charge in [0.2, 0.25) is 0 Å². The smallest absolute Gasteiger partial charge is 0.255 e. The lowest BCUT2D eigenvalue weighted by atomic mass is 10.1. The van der Waals surface area contributed by atoms with Crippen LogP contribution >= 0.6 is 11.6 Å². The van der Waals surface area contributed by atoms with E-state index in [1.54, 1.807) is 0 Å². The Hall–Kier alpha value is -3.55. The number of benzene rings is 3. The zero-order valence-electron chi connectivity index (χ0n) is 18.2. The Balaban J connectivity index is 1.58. The predicted octanol–water partition coefficient (Wildman–Crippen LogP) is 3.86. The Kier molecular flexibility index (Phi) is 8.69. The van der Waals surface area contributed by atoms with Gasteiger partial charge in [-0.2, -0.15) is 0 Å². The molecular weight excluding hydrogens is 444 g/mol. The molecule has 0 fully saturated rings. The van der Waals surface area contributed by atoms with Gasteiger partial charge in [-0.3, -0.25) is 9.59 Å². The van der Waals surface area contributed by atoms with Crippen LogP contribution in [0.3, 0.4) is 0 Å². The number of methoxy groups -OCH3 is 1. The van der Waals surface area contributed by atoms with E-state index >= 15 is 0 Å². The molecule has 3 aromatic carbocycles. The molecule has 0 saturated carbocycles. The summed E-state index contributed by atoms with van der Waals surface area (Å²) in [5.41, 5.74) is 8.45. The lowest BCUT2D eigenvalue weighted by molar-refractivity contribution is -0.119. The minimum absolute atomic E-state index is 0.137. The summed E-state index contributed by atoms with van der Waals surface area (Å²) in [6, 6.07) is 20.7. The van der Waals surface area contributed by atoms with Crippen LogP contribution in [0.1, 0.15) is 27.0 Å². The van der Waals surface area contributed by atoms with Crippen LogP contribution < -0.4 is 20.5 Å². The Bertz CT molecular complexity index is 1110. The minimum Gasteiger partial charge on any atom is -0.493 e. The second kappa shape index (κ2) is 11.9. The average molecular weight is 469 g/mol. The fourth-order valence-electron chi connectivity index (χ4n) is 3.11. The average Bonchev–Trinajstić information content (AvgIpc) is 2.82. The van der Waals surface area contributed by atoms with Crippen LogP contribution in [0.2, 0.25) is 5.02 Å². The molecule has 2 amide bonds. The zero-order chi connectivity index (χ0) is 23.6. The van der Waals surface area contributed by atoms with Crippen molar-refractivity contribution in [1.82, 2.24) is 5.32 Å². The summed E-state index contributed by atoms with van der Waals surface area (Å²) in [6.45, 7) is 0.970. The quantitative estimate of drug-likeness (QED) is 0.445. The van der Waals surface area contributed by atoms with Crippen LogP contribution in [-0.2, 0) is 29.3 Å². The zero-order valence-corrected chi connectivity index (χ0v) is 18.9. The topological polar surface area (TPSA) is 99.9 Å². The van der Waals surface area contributed by atoms with Crippen molar-refractivity contribution in [3.63, 3.8) is 0 Å². The van der Waals surface area contributed by atoms with Crippen LogP contribution in [0, 0.1) is 0 Å². The van der Waals surface area contributed by atoms with Gasteiger partial charge < -0.3 is 25.3 Å². The summed E-state index contributed by atoms with van der Waals surface area (Å²) in [4.78, 5) is 23.6. The largest absolute Gasteiger partial charge is 0.493 e. The lowest BCUT2D eigenvalue weighted by Gasteiger charge is -2.13. The van der Waals surface area contributed by atoms with Gasteiger partial charge in [-0.15, -0.1) is 0 Å². The molecule has 0 atom stereocenters. The van der Waals surface area contributed by atoms with Crippen molar-refractivity contribution < 1.29 is 23.8 Å². The van der Waals surface area contributed by atoms with E-state index < -0.39 is 5.91 Å². The van der Waals surface area contributed by atoms with E-state index in [1.165, 1.54) is 19.2 Å². The van der Waals surface area contributed by atoms with E-state index in [-0.39, 0.29) is 29.0 Å². The van der Waals surface area contributed by atoms with Crippen molar-refractivity contribution >= 4 is 23.4 Å². The van der Waals surface area contributed by atoms with Crippen LogP contribution in [0.4, 0.5) is 0 Å². The van der Waals surface area contributed by atoms with Gasteiger partial charge in [0.15, 0.2) is 18.1 Å². The number of hydrogen-bond donors (Lipinski definition) is 2. The lowest BCUT2D eigenvalue weighted by Crippen LogP contribution is -2.23. The highest BCUT2D eigenvalue weighted by Gasteiger charge is 2.16. The molecule has 0 heterocycles. The molecule has 8 heteroatoms. The fraction of sp³-hybridized carbons (Fsp3) is 0.200. The molecule has 3 rings (SSSR count). The first-order chi connectivity index (χ1) is 16.0. The highest BCUT2D eigenvalue weighted by Crippen LogP contribution is 2.36. The summed E-state index contributed by atoms with van der Waals surface area (Å²) in [5.74, 6) is -0.603. The number of carbonyl (C=O) groups excluding carboxylic acids is 2. The molecular formula is C25H25ClN2O5. The van der Waals surface area contributed by atoms with Gasteiger partial charge in [0.25, 0.3) is 11.8 Å². The van der Waals surface area contributed by atoms with Crippen LogP contribution in [-0.4, -0.2) is 25.5 Å². The number of halogens is 1. The molecule has 7 nitrogen and oxygen atoms in total. The molecule has 0 aliphatic carbocycles. The van der Waals surface area contributed by atoms with Gasteiger partial charge in [-0.05, 0) is 28.8 Å². The number of nitrogens with one attached hydrogen (secondary N) is 1. The van der Waals surface area contributed by atoms with Gasteiger partial charge in [0.05, 0.1) is 25.3 Å². The van der Waals surface area contributed by atoms with Crippen molar-refractivity contribution in [2.45, 2.75) is 19.8 Å². The van der Waals surface area contributed by atoms with E-state index in [2.05, 4.69) is 5.32 Å².